The molecule has 0 unspecified atom stereocenters. The zero-order chi connectivity index (χ0) is 39.7. The fraction of sp³-hybridized carbons (Fsp3) is 0.950. The van der Waals surface area contributed by atoms with Crippen molar-refractivity contribution >= 4 is 0 Å². The number of allylic oxidation sites excluding steroid dienone is 2. The second-order valence-electron chi connectivity index (χ2n) is 19.0. The summed E-state index contributed by atoms with van der Waals surface area (Å²) in [4.78, 5) is 0. The summed E-state index contributed by atoms with van der Waals surface area (Å²) in [6, 6.07) is 0. The average Bonchev–Trinajstić information content (AvgIpc) is 3.50. The molecule has 54 heavy (non-hydrogen) atoms. The molecule has 6 rings (SSSR count). The molecule has 2 heterocycles. The summed E-state index contributed by atoms with van der Waals surface area (Å²) >= 11 is 0. The van der Waals surface area contributed by atoms with Gasteiger partial charge in [0, 0.05) is 0 Å². The van der Waals surface area contributed by atoms with Crippen LogP contribution in [0.25, 0.3) is 0 Å². The molecular formula is C40H68O14. The maximum atomic E-state index is 12.0. The van der Waals surface area contributed by atoms with Gasteiger partial charge in [0.25, 0.3) is 0 Å². The third kappa shape index (κ3) is 7.16. The van der Waals surface area contributed by atoms with E-state index < -0.39 is 98.5 Å². The summed E-state index contributed by atoms with van der Waals surface area (Å²) in [5, 5.41) is 108. The molecule has 14 nitrogen and oxygen atoms in total. The van der Waals surface area contributed by atoms with Gasteiger partial charge >= 0.3 is 0 Å². The Morgan fingerprint density at radius 3 is 2.00 bits per heavy atom. The molecule has 0 bridgehead atoms. The van der Waals surface area contributed by atoms with Gasteiger partial charge in [0.2, 0.25) is 0 Å². The minimum absolute atomic E-state index is 0.0219. The van der Waals surface area contributed by atoms with Crippen molar-refractivity contribution in [3.05, 3.63) is 11.6 Å². The molecule has 6 fully saturated rings. The summed E-state index contributed by atoms with van der Waals surface area (Å²) in [6.45, 7) is 11.6. The molecule has 0 aromatic rings. The second kappa shape index (κ2) is 15.7. The number of hydrogen-bond donors (Lipinski definition) is 10. The van der Waals surface area contributed by atoms with Gasteiger partial charge in [-0.25, -0.2) is 0 Å². The first-order chi connectivity index (χ1) is 25.2. The molecule has 0 spiro atoms. The smallest absolute Gasteiger partial charge is 0.187 e. The monoisotopic (exact) mass is 772 g/mol. The fourth-order valence-corrected chi connectivity index (χ4v) is 12.4. The largest absolute Gasteiger partial charge is 0.394 e. The first-order valence-electron chi connectivity index (χ1n) is 20.2. The number of aliphatic hydroxyl groups excluding tert-OH is 9. The molecule has 0 aromatic carbocycles. The van der Waals surface area contributed by atoms with Crippen molar-refractivity contribution < 1.29 is 70.0 Å². The predicted octanol–water partition coefficient (Wildman–Crippen LogP) is 0.484. The van der Waals surface area contributed by atoms with Crippen LogP contribution in [-0.4, -0.2) is 150 Å². The van der Waals surface area contributed by atoms with E-state index in [-0.39, 0.29) is 39.9 Å². The first-order valence-corrected chi connectivity index (χ1v) is 20.2. The van der Waals surface area contributed by atoms with Gasteiger partial charge in [-0.15, -0.1) is 0 Å². The molecule has 2 saturated heterocycles. The van der Waals surface area contributed by atoms with Crippen LogP contribution >= 0.6 is 0 Å². The third-order valence-electron chi connectivity index (χ3n) is 15.7. The summed E-state index contributed by atoms with van der Waals surface area (Å²) in [6.07, 6.45) is -9.61. The zero-order valence-electron chi connectivity index (χ0n) is 32.8. The Morgan fingerprint density at radius 2 is 1.37 bits per heavy atom. The van der Waals surface area contributed by atoms with Crippen molar-refractivity contribution in [3.8, 4) is 0 Å². The Hall–Kier alpha value is -0.820. The lowest BCUT2D eigenvalue weighted by Gasteiger charge is -2.69. The van der Waals surface area contributed by atoms with E-state index in [4.69, 9.17) is 18.9 Å². The van der Waals surface area contributed by atoms with Crippen molar-refractivity contribution in [1.82, 2.24) is 0 Å². The van der Waals surface area contributed by atoms with Crippen LogP contribution in [0.1, 0.15) is 99.3 Å². The molecule has 0 aromatic heterocycles. The van der Waals surface area contributed by atoms with Gasteiger partial charge < -0.3 is 70.0 Å². The number of aliphatic hydroxyl groups is 10. The van der Waals surface area contributed by atoms with Crippen molar-refractivity contribution in [2.45, 2.75) is 185 Å². The number of rotatable bonds is 10. The van der Waals surface area contributed by atoms with Gasteiger partial charge in [-0.1, -0.05) is 32.4 Å². The SMILES string of the molecule is CC(C)=CCC[C@](C)(O)[C@H]1CC[C@]2(C)[C@H]1[C@H](O)C[C@@H]1[C@@]3(C)C[C@@H](O)[C@H](O[C@@H]4O[C@H](CO)[C@@H](O)[C@H](O)[C@H]4O[C@@H]4O[C@H](CO)[C@@H](O)[C@H](O)[C@H]4O)C[C@H]3CC[C@]12C. The Bertz CT molecular complexity index is 1330. The molecule has 4 saturated carbocycles. The normalized spacial score (nSPS) is 53.1. The van der Waals surface area contributed by atoms with E-state index in [1.807, 2.05) is 6.92 Å². The molecule has 10 N–H and O–H groups in total. The van der Waals surface area contributed by atoms with Crippen LogP contribution in [0.2, 0.25) is 0 Å². The van der Waals surface area contributed by atoms with Crippen LogP contribution in [0.4, 0.5) is 0 Å². The van der Waals surface area contributed by atoms with Crippen LogP contribution in [0.3, 0.4) is 0 Å². The lowest BCUT2D eigenvalue weighted by Crippen LogP contribution is -2.66. The quantitative estimate of drug-likeness (QED) is 0.107. The van der Waals surface area contributed by atoms with Crippen molar-refractivity contribution in [3.63, 3.8) is 0 Å². The summed E-state index contributed by atoms with van der Waals surface area (Å²) < 4.78 is 23.7. The van der Waals surface area contributed by atoms with E-state index in [2.05, 4.69) is 40.7 Å². The molecule has 312 valence electrons. The van der Waals surface area contributed by atoms with E-state index >= 15 is 0 Å². The minimum atomic E-state index is -1.79. The lowest BCUT2D eigenvalue weighted by atomic mass is 9.37. The van der Waals surface area contributed by atoms with E-state index in [0.29, 0.717) is 25.7 Å². The molecule has 6 aliphatic rings. The molecule has 14 heteroatoms. The highest BCUT2D eigenvalue weighted by molar-refractivity contribution is 5.19. The Morgan fingerprint density at radius 1 is 0.759 bits per heavy atom. The van der Waals surface area contributed by atoms with Gasteiger partial charge in [-0.05, 0) is 118 Å². The van der Waals surface area contributed by atoms with Gasteiger partial charge in [0.05, 0.1) is 37.1 Å². The zero-order valence-corrected chi connectivity index (χ0v) is 32.8. The Kier molecular flexibility index (Phi) is 12.5. The predicted molar refractivity (Wildman–Crippen MR) is 193 cm³/mol. The fourth-order valence-electron chi connectivity index (χ4n) is 12.4. The van der Waals surface area contributed by atoms with Crippen LogP contribution in [-0.2, 0) is 18.9 Å². The lowest BCUT2D eigenvalue weighted by molar-refractivity contribution is -0.376. The number of hydrogen-bond acceptors (Lipinski definition) is 14. The molecular weight excluding hydrogens is 704 g/mol. The number of fused-ring (bicyclic) bond motifs is 5. The summed E-state index contributed by atoms with van der Waals surface area (Å²) in [5.74, 6) is 0.119. The van der Waals surface area contributed by atoms with Gasteiger partial charge in [0.15, 0.2) is 12.6 Å². The van der Waals surface area contributed by atoms with E-state index in [1.165, 1.54) is 5.57 Å². The Balaban J connectivity index is 1.20. The highest BCUT2D eigenvalue weighted by Crippen LogP contribution is 2.74. The third-order valence-corrected chi connectivity index (χ3v) is 15.7. The molecule has 0 radical (unpaired) electrons. The molecule has 21 atom stereocenters. The van der Waals surface area contributed by atoms with E-state index in [0.717, 1.165) is 32.1 Å². The van der Waals surface area contributed by atoms with Crippen LogP contribution in [0.15, 0.2) is 11.6 Å². The minimum Gasteiger partial charge on any atom is -0.394 e. The Labute approximate surface area is 319 Å². The van der Waals surface area contributed by atoms with Gasteiger partial charge in [0.1, 0.15) is 48.8 Å². The maximum Gasteiger partial charge on any atom is 0.187 e. The van der Waals surface area contributed by atoms with Crippen molar-refractivity contribution in [2.75, 3.05) is 13.2 Å². The van der Waals surface area contributed by atoms with Gasteiger partial charge in [-0.2, -0.15) is 0 Å². The van der Waals surface area contributed by atoms with E-state index in [9.17, 15) is 51.1 Å². The maximum absolute atomic E-state index is 12.0. The molecule has 0 amide bonds. The highest BCUT2D eigenvalue weighted by atomic mass is 16.8. The second-order valence-corrected chi connectivity index (χ2v) is 19.0. The highest BCUT2D eigenvalue weighted by Gasteiger charge is 2.70. The van der Waals surface area contributed by atoms with Crippen molar-refractivity contribution in [1.29, 1.82) is 0 Å². The molecule has 4 aliphatic carbocycles. The van der Waals surface area contributed by atoms with Crippen molar-refractivity contribution in [2.24, 2.45) is 39.9 Å². The van der Waals surface area contributed by atoms with E-state index in [1.54, 1.807) is 0 Å². The average molecular weight is 773 g/mol. The first kappa shape index (κ1) is 42.8. The summed E-state index contributed by atoms with van der Waals surface area (Å²) in [7, 11) is 0. The molecule has 2 aliphatic heterocycles. The summed E-state index contributed by atoms with van der Waals surface area (Å²) in [5.41, 5.74) is -0.399. The van der Waals surface area contributed by atoms with Crippen LogP contribution in [0.5, 0.6) is 0 Å². The van der Waals surface area contributed by atoms with Crippen LogP contribution in [0, 0.1) is 39.9 Å². The topological polar surface area (TPSA) is 239 Å². The van der Waals surface area contributed by atoms with Gasteiger partial charge in [-0.3, -0.25) is 0 Å². The standard InChI is InChI=1S/C40H68O14/c1-19(2)8-7-11-40(6,50)21-10-13-39(5)28(21)22(43)15-27-37(3)16-23(44)24(14-20(37)9-12-38(27,39)4)51-36-34(32(48)30(46)26(18-42)53-36)54-35-33(49)31(47)29(45)25(17-41)52-35/h8,20-36,41-50H,7,9-18H2,1-6H3/t20-,21+,22-,23-,24-,25-,26-,27-,28-,29-,30-,31+,32+,33-,34-,35+,36-,37+,38-,39-,40+/m1/s1. The number of ether oxygens (including phenoxy) is 4. The van der Waals surface area contributed by atoms with Crippen LogP contribution < -0.4 is 0 Å².